The van der Waals surface area contributed by atoms with Gasteiger partial charge in [-0.1, -0.05) is 35.9 Å². The highest BCUT2D eigenvalue weighted by Crippen LogP contribution is 2.09. The van der Waals surface area contributed by atoms with Gasteiger partial charge >= 0.3 is 0 Å². The van der Waals surface area contributed by atoms with Gasteiger partial charge in [-0.2, -0.15) is 0 Å². The normalized spacial score (nSPS) is 10.6. The molecule has 0 aromatic heterocycles. The predicted octanol–water partition coefficient (Wildman–Crippen LogP) is 3.36. The summed E-state index contributed by atoms with van der Waals surface area (Å²) < 4.78 is 12.8. The molecule has 0 atom stereocenters. The molecule has 0 fully saturated rings. The molecule has 0 saturated heterocycles. The molecule has 0 saturated carbocycles. The lowest BCUT2D eigenvalue weighted by atomic mass is 10.1. The van der Waals surface area contributed by atoms with Crippen LogP contribution in [-0.2, 0) is 17.6 Å². The van der Waals surface area contributed by atoms with Gasteiger partial charge in [0.15, 0.2) is 0 Å². The van der Waals surface area contributed by atoms with Crippen molar-refractivity contribution in [3.8, 4) is 0 Å². The van der Waals surface area contributed by atoms with Crippen LogP contribution in [0, 0.1) is 5.82 Å². The minimum Gasteiger partial charge on any atom is -0.356 e. The van der Waals surface area contributed by atoms with E-state index in [0.29, 0.717) is 25.9 Å². The Bertz CT molecular complexity index is 629. The molecule has 0 spiro atoms. The molecule has 0 bridgehead atoms. The van der Waals surface area contributed by atoms with Crippen LogP contribution in [0.2, 0.25) is 5.02 Å². The quantitative estimate of drug-likeness (QED) is 0.682. The number of amides is 1. The van der Waals surface area contributed by atoms with Crippen LogP contribution in [0.15, 0.2) is 48.5 Å². The van der Waals surface area contributed by atoms with Crippen molar-refractivity contribution in [1.29, 1.82) is 0 Å². The van der Waals surface area contributed by atoms with E-state index in [9.17, 15) is 9.18 Å². The van der Waals surface area contributed by atoms with E-state index < -0.39 is 0 Å². The van der Waals surface area contributed by atoms with E-state index in [-0.39, 0.29) is 11.7 Å². The molecular weight excluding hydrogens is 327 g/mol. The lowest BCUT2D eigenvalue weighted by molar-refractivity contribution is -0.120. The van der Waals surface area contributed by atoms with Gasteiger partial charge in [0, 0.05) is 24.5 Å². The van der Waals surface area contributed by atoms with Gasteiger partial charge in [-0.05, 0) is 54.8 Å². The van der Waals surface area contributed by atoms with Crippen LogP contribution in [0.3, 0.4) is 0 Å². The maximum absolute atomic E-state index is 12.8. The molecule has 2 aromatic rings. The molecule has 0 aliphatic carbocycles. The van der Waals surface area contributed by atoms with Gasteiger partial charge in [0.1, 0.15) is 5.82 Å². The Kier molecular flexibility index (Phi) is 7.72. The number of hydrogen-bond donors (Lipinski definition) is 2. The molecule has 2 rings (SSSR count). The Balaban J connectivity index is 1.51. The standard InChI is InChI=1S/C19H22ClFN2O/c20-17-5-1-15(2-6-17)9-12-22-13-11-19(24)23-14-10-16-3-7-18(21)8-4-16/h1-8,22H,9-14H2,(H,23,24). The lowest BCUT2D eigenvalue weighted by Crippen LogP contribution is -2.29. The van der Waals surface area contributed by atoms with Crippen molar-refractivity contribution in [2.24, 2.45) is 0 Å². The molecule has 24 heavy (non-hydrogen) atoms. The summed E-state index contributed by atoms with van der Waals surface area (Å²) >= 11 is 5.84. The number of benzene rings is 2. The van der Waals surface area contributed by atoms with E-state index in [1.165, 1.54) is 17.7 Å². The maximum Gasteiger partial charge on any atom is 0.221 e. The third kappa shape index (κ3) is 7.11. The highest BCUT2D eigenvalue weighted by atomic mass is 35.5. The van der Waals surface area contributed by atoms with Gasteiger partial charge in [-0.15, -0.1) is 0 Å². The first kappa shape index (κ1) is 18.4. The average molecular weight is 349 g/mol. The smallest absolute Gasteiger partial charge is 0.221 e. The number of carbonyl (C=O) groups is 1. The second-order valence-corrected chi connectivity index (χ2v) is 6.04. The fraction of sp³-hybridized carbons (Fsp3) is 0.316. The summed E-state index contributed by atoms with van der Waals surface area (Å²) in [6, 6.07) is 14.1. The molecule has 2 N–H and O–H groups in total. The van der Waals surface area contributed by atoms with Gasteiger partial charge in [0.05, 0.1) is 0 Å². The summed E-state index contributed by atoms with van der Waals surface area (Å²) in [6.45, 7) is 2.04. The molecule has 0 radical (unpaired) electrons. The zero-order valence-electron chi connectivity index (χ0n) is 13.5. The Hall–Kier alpha value is -1.91. The summed E-state index contributed by atoms with van der Waals surface area (Å²) in [5.41, 5.74) is 2.23. The van der Waals surface area contributed by atoms with E-state index in [0.717, 1.165) is 23.6 Å². The van der Waals surface area contributed by atoms with E-state index in [2.05, 4.69) is 10.6 Å². The first-order valence-electron chi connectivity index (χ1n) is 8.10. The number of hydrogen-bond acceptors (Lipinski definition) is 2. The Labute approximate surface area is 147 Å². The topological polar surface area (TPSA) is 41.1 Å². The molecule has 0 aliphatic rings. The number of nitrogens with one attached hydrogen (secondary N) is 2. The molecule has 0 heterocycles. The highest BCUT2D eigenvalue weighted by molar-refractivity contribution is 6.30. The average Bonchev–Trinajstić information content (AvgIpc) is 2.58. The summed E-state index contributed by atoms with van der Waals surface area (Å²) in [6.07, 6.45) is 2.06. The molecule has 0 aliphatic heterocycles. The summed E-state index contributed by atoms with van der Waals surface area (Å²) in [7, 11) is 0. The maximum atomic E-state index is 12.8. The zero-order valence-corrected chi connectivity index (χ0v) is 14.3. The first-order chi connectivity index (χ1) is 11.6. The third-order valence-corrected chi connectivity index (χ3v) is 3.93. The van der Waals surface area contributed by atoms with E-state index >= 15 is 0 Å². The second-order valence-electron chi connectivity index (χ2n) is 5.60. The summed E-state index contributed by atoms with van der Waals surface area (Å²) in [4.78, 5) is 11.7. The van der Waals surface area contributed by atoms with Crippen LogP contribution in [0.25, 0.3) is 0 Å². The van der Waals surface area contributed by atoms with Crippen molar-refractivity contribution < 1.29 is 9.18 Å². The molecule has 1 amide bonds. The van der Waals surface area contributed by atoms with E-state index in [4.69, 9.17) is 11.6 Å². The third-order valence-electron chi connectivity index (χ3n) is 3.68. The first-order valence-corrected chi connectivity index (χ1v) is 8.47. The number of rotatable bonds is 9. The van der Waals surface area contributed by atoms with Gasteiger partial charge in [-0.25, -0.2) is 4.39 Å². The molecule has 5 heteroatoms. The van der Waals surface area contributed by atoms with Crippen molar-refractivity contribution in [2.45, 2.75) is 19.3 Å². The minimum absolute atomic E-state index is 0.0242. The van der Waals surface area contributed by atoms with E-state index in [1.54, 1.807) is 12.1 Å². The van der Waals surface area contributed by atoms with Crippen LogP contribution in [0.1, 0.15) is 17.5 Å². The van der Waals surface area contributed by atoms with Crippen LogP contribution in [0.4, 0.5) is 4.39 Å². The van der Waals surface area contributed by atoms with Gasteiger partial charge in [0.25, 0.3) is 0 Å². The van der Waals surface area contributed by atoms with Gasteiger partial charge in [-0.3, -0.25) is 4.79 Å². The van der Waals surface area contributed by atoms with Crippen molar-refractivity contribution >= 4 is 17.5 Å². The van der Waals surface area contributed by atoms with Crippen molar-refractivity contribution in [2.75, 3.05) is 19.6 Å². The second kappa shape index (κ2) is 10.1. The molecule has 0 unspecified atom stereocenters. The van der Waals surface area contributed by atoms with Crippen LogP contribution in [-0.4, -0.2) is 25.5 Å². The van der Waals surface area contributed by atoms with Crippen molar-refractivity contribution in [1.82, 2.24) is 10.6 Å². The largest absolute Gasteiger partial charge is 0.356 e. The van der Waals surface area contributed by atoms with Crippen molar-refractivity contribution in [3.05, 3.63) is 70.5 Å². The Morgan fingerprint density at radius 1 is 0.875 bits per heavy atom. The number of halogens is 2. The van der Waals surface area contributed by atoms with Crippen molar-refractivity contribution in [3.63, 3.8) is 0 Å². The van der Waals surface area contributed by atoms with Gasteiger partial charge in [0.2, 0.25) is 5.91 Å². The predicted molar refractivity (Wildman–Crippen MR) is 95.8 cm³/mol. The minimum atomic E-state index is -0.243. The zero-order chi connectivity index (χ0) is 17.2. The Morgan fingerprint density at radius 2 is 1.46 bits per heavy atom. The summed E-state index contributed by atoms with van der Waals surface area (Å²) in [5, 5.41) is 6.87. The molecule has 128 valence electrons. The lowest BCUT2D eigenvalue weighted by Gasteiger charge is -2.07. The number of carbonyl (C=O) groups excluding carboxylic acids is 1. The highest BCUT2D eigenvalue weighted by Gasteiger charge is 2.01. The molecule has 3 nitrogen and oxygen atoms in total. The van der Waals surface area contributed by atoms with Crippen LogP contribution >= 0.6 is 11.6 Å². The Morgan fingerprint density at radius 3 is 2.12 bits per heavy atom. The molecular formula is C19H22ClFN2O. The SMILES string of the molecule is O=C(CCNCCc1ccc(Cl)cc1)NCCc1ccc(F)cc1. The van der Waals surface area contributed by atoms with Crippen LogP contribution < -0.4 is 10.6 Å². The fourth-order valence-corrected chi connectivity index (χ4v) is 2.42. The monoisotopic (exact) mass is 348 g/mol. The van der Waals surface area contributed by atoms with Crippen LogP contribution in [0.5, 0.6) is 0 Å². The molecule has 2 aromatic carbocycles. The van der Waals surface area contributed by atoms with Gasteiger partial charge < -0.3 is 10.6 Å². The van der Waals surface area contributed by atoms with E-state index in [1.807, 2.05) is 24.3 Å². The fourth-order valence-electron chi connectivity index (χ4n) is 2.30. The summed E-state index contributed by atoms with van der Waals surface area (Å²) in [5.74, 6) is -0.219.